The van der Waals surface area contributed by atoms with E-state index in [0.29, 0.717) is 0 Å². The monoisotopic (exact) mass is 314 g/mol. The quantitative estimate of drug-likeness (QED) is 0.249. The molecule has 2 aromatic carbocycles. The fraction of sp³-hybridized carbons (Fsp3) is 0. The van der Waals surface area contributed by atoms with Crippen LogP contribution in [0.25, 0.3) is 0 Å². The molecule has 1 aliphatic carbocycles. The first kappa shape index (κ1) is 14.4. The van der Waals surface area contributed by atoms with Gasteiger partial charge in [-0.25, -0.2) is 4.79 Å². The Bertz CT molecular complexity index is 932. The Morgan fingerprint density at radius 2 is 1.57 bits per heavy atom. The van der Waals surface area contributed by atoms with Crippen molar-refractivity contribution in [3.63, 3.8) is 0 Å². The van der Waals surface area contributed by atoms with Crippen LogP contribution >= 0.6 is 0 Å². The maximum atomic E-state index is 12.6. The minimum absolute atomic E-state index is 0.130. The highest BCUT2D eigenvalue weighted by Gasteiger charge is 2.39. The molecule has 0 aliphatic heterocycles. The maximum absolute atomic E-state index is 12.6. The van der Waals surface area contributed by atoms with Gasteiger partial charge >= 0.3 is 5.97 Å². The number of phenolic OH excluding ortho intramolecular Hbond substituents is 2. The first-order valence-electron chi connectivity index (χ1n) is 6.35. The van der Waals surface area contributed by atoms with Crippen molar-refractivity contribution >= 4 is 28.9 Å². The normalized spacial score (nSPS) is 12.7. The number of phenols is 2. The summed E-state index contributed by atoms with van der Waals surface area (Å²) in [4.78, 5) is 36.4. The van der Waals surface area contributed by atoms with E-state index < -0.39 is 57.1 Å². The van der Waals surface area contributed by atoms with Gasteiger partial charge in [-0.3, -0.25) is 9.59 Å². The Hall–Kier alpha value is -3.55. The van der Waals surface area contributed by atoms with Crippen molar-refractivity contribution < 1.29 is 29.7 Å². The molecule has 0 saturated carbocycles. The van der Waals surface area contributed by atoms with E-state index in [4.69, 9.17) is 16.6 Å². The van der Waals surface area contributed by atoms with Crippen LogP contribution in [0.4, 0.5) is 11.4 Å². The molecule has 8 nitrogen and oxygen atoms in total. The van der Waals surface area contributed by atoms with E-state index in [1.807, 2.05) is 0 Å². The van der Waals surface area contributed by atoms with Crippen LogP contribution in [0, 0.1) is 0 Å². The number of carbonyl (C=O) groups excluding carboxylic acids is 2. The lowest BCUT2D eigenvalue weighted by atomic mass is 9.80. The molecular formula is C15H10N2O6. The fourth-order valence-corrected chi connectivity index (χ4v) is 2.69. The van der Waals surface area contributed by atoms with E-state index in [9.17, 15) is 24.6 Å². The molecule has 23 heavy (non-hydrogen) atoms. The molecule has 0 bridgehead atoms. The second kappa shape index (κ2) is 4.47. The third-order valence-corrected chi connectivity index (χ3v) is 3.73. The zero-order valence-corrected chi connectivity index (χ0v) is 11.5. The lowest BCUT2D eigenvalue weighted by Gasteiger charge is -2.22. The average Bonchev–Trinajstić information content (AvgIpc) is 2.48. The van der Waals surface area contributed by atoms with E-state index >= 15 is 0 Å². The van der Waals surface area contributed by atoms with E-state index in [2.05, 4.69) is 0 Å². The van der Waals surface area contributed by atoms with E-state index in [-0.39, 0.29) is 11.1 Å². The van der Waals surface area contributed by atoms with Gasteiger partial charge in [-0.05, 0) is 6.07 Å². The molecule has 7 N–H and O–H groups in total. The van der Waals surface area contributed by atoms with E-state index in [1.165, 1.54) is 18.2 Å². The predicted octanol–water partition coefficient (Wildman–Crippen LogP) is 0.736. The maximum Gasteiger partial charge on any atom is 0.340 e. The number of fused-ring (bicyclic) bond motifs is 2. The summed E-state index contributed by atoms with van der Waals surface area (Å²) < 4.78 is 0. The standard InChI is InChI=1S/C15H10N2O6/c16-10-7-8(14(21)11(17)9(10)15(22)23)13(20)6-4(12(7)19)2-1-3-5(6)18/h1-3,18,21H,16-17H2,(H,22,23). The first-order valence-corrected chi connectivity index (χ1v) is 6.35. The molecule has 0 unspecified atom stereocenters. The van der Waals surface area contributed by atoms with Crippen molar-refractivity contribution in [3.8, 4) is 11.5 Å². The Labute approximate surface area is 128 Å². The molecule has 1 aliphatic rings. The van der Waals surface area contributed by atoms with Crippen molar-refractivity contribution in [2.75, 3.05) is 11.5 Å². The number of nitrogen functional groups attached to an aromatic ring is 2. The van der Waals surface area contributed by atoms with Crippen molar-refractivity contribution in [3.05, 3.63) is 46.0 Å². The summed E-state index contributed by atoms with van der Waals surface area (Å²) in [5.41, 5.74) is 8.12. The van der Waals surface area contributed by atoms with Crippen LogP contribution in [-0.2, 0) is 0 Å². The zero-order valence-electron chi connectivity index (χ0n) is 11.5. The predicted molar refractivity (Wildman–Crippen MR) is 78.9 cm³/mol. The van der Waals surface area contributed by atoms with Gasteiger partial charge in [-0.15, -0.1) is 0 Å². The van der Waals surface area contributed by atoms with Gasteiger partial charge in [0.15, 0.2) is 11.5 Å². The number of hydrogen-bond donors (Lipinski definition) is 5. The van der Waals surface area contributed by atoms with Crippen LogP contribution < -0.4 is 11.5 Å². The largest absolute Gasteiger partial charge is 0.507 e. The number of rotatable bonds is 1. The summed E-state index contributed by atoms with van der Waals surface area (Å²) in [6.07, 6.45) is 0. The van der Waals surface area contributed by atoms with Gasteiger partial charge in [0, 0.05) is 5.56 Å². The van der Waals surface area contributed by atoms with Crippen LogP contribution in [0.5, 0.6) is 11.5 Å². The number of carbonyl (C=O) groups is 3. The summed E-state index contributed by atoms with van der Waals surface area (Å²) in [5, 5.41) is 29.1. The van der Waals surface area contributed by atoms with Crippen molar-refractivity contribution in [1.82, 2.24) is 0 Å². The minimum Gasteiger partial charge on any atom is -0.507 e. The average molecular weight is 314 g/mol. The molecule has 0 amide bonds. The molecule has 0 aromatic heterocycles. The second-order valence-electron chi connectivity index (χ2n) is 4.96. The Morgan fingerprint density at radius 1 is 0.913 bits per heavy atom. The molecule has 0 fully saturated rings. The van der Waals surface area contributed by atoms with Crippen molar-refractivity contribution in [2.45, 2.75) is 0 Å². The van der Waals surface area contributed by atoms with Gasteiger partial charge in [-0.1, -0.05) is 12.1 Å². The SMILES string of the molecule is Nc1c(O)c2c(c(N)c1C(=O)O)C(=O)c1cccc(O)c1C2=O. The second-order valence-corrected chi connectivity index (χ2v) is 4.96. The number of nitrogens with two attached hydrogens (primary N) is 2. The van der Waals surface area contributed by atoms with Gasteiger partial charge in [0.25, 0.3) is 0 Å². The van der Waals surface area contributed by atoms with E-state index in [0.717, 1.165) is 0 Å². The van der Waals surface area contributed by atoms with Gasteiger partial charge in [-0.2, -0.15) is 0 Å². The third kappa shape index (κ3) is 1.68. The topological polar surface area (TPSA) is 164 Å². The van der Waals surface area contributed by atoms with E-state index in [1.54, 1.807) is 0 Å². The van der Waals surface area contributed by atoms with Crippen LogP contribution in [0.15, 0.2) is 18.2 Å². The summed E-state index contributed by atoms with van der Waals surface area (Å²) >= 11 is 0. The minimum atomic E-state index is -1.54. The number of carboxylic acids is 1. The fourth-order valence-electron chi connectivity index (χ4n) is 2.69. The van der Waals surface area contributed by atoms with Gasteiger partial charge in [0.1, 0.15) is 11.3 Å². The van der Waals surface area contributed by atoms with Crippen molar-refractivity contribution in [1.29, 1.82) is 0 Å². The van der Waals surface area contributed by atoms with Crippen LogP contribution in [0.2, 0.25) is 0 Å². The summed E-state index contributed by atoms with van der Waals surface area (Å²) in [6, 6.07) is 3.87. The summed E-state index contributed by atoms with van der Waals surface area (Å²) in [5.74, 6) is -4.47. The highest BCUT2D eigenvalue weighted by atomic mass is 16.4. The molecule has 0 heterocycles. The molecule has 0 radical (unpaired) electrons. The van der Waals surface area contributed by atoms with Crippen molar-refractivity contribution in [2.24, 2.45) is 0 Å². The number of aromatic carboxylic acids is 1. The highest BCUT2D eigenvalue weighted by molar-refractivity contribution is 6.33. The number of benzene rings is 2. The Kier molecular flexibility index (Phi) is 2.80. The number of hydrogen-bond acceptors (Lipinski definition) is 7. The lowest BCUT2D eigenvalue weighted by molar-refractivity contribution is 0.0698. The summed E-state index contributed by atoms with van der Waals surface area (Å²) in [6.45, 7) is 0. The molecule has 0 spiro atoms. The zero-order chi connectivity index (χ0) is 17.0. The third-order valence-electron chi connectivity index (χ3n) is 3.73. The summed E-state index contributed by atoms with van der Waals surface area (Å²) in [7, 11) is 0. The Balaban J connectivity index is 2.48. The molecule has 8 heteroatoms. The number of aromatic hydroxyl groups is 2. The molecule has 3 rings (SSSR count). The van der Waals surface area contributed by atoms with Gasteiger partial charge in [0.05, 0.1) is 28.1 Å². The molecule has 0 atom stereocenters. The molecule has 0 saturated heterocycles. The van der Waals surface area contributed by atoms with Crippen LogP contribution in [0.1, 0.15) is 42.2 Å². The molecule has 2 aromatic rings. The first-order chi connectivity index (χ1) is 10.8. The molecular weight excluding hydrogens is 304 g/mol. The number of carboxylic acid groups (broad SMARTS) is 1. The number of anilines is 2. The van der Waals surface area contributed by atoms with Gasteiger partial charge < -0.3 is 26.8 Å². The van der Waals surface area contributed by atoms with Crippen LogP contribution in [-0.4, -0.2) is 32.9 Å². The van der Waals surface area contributed by atoms with Crippen LogP contribution in [0.3, 0.4) is 0 Å². The lowest BCUT2D eigenvalue weighted by Crippen LogP contribution is -2.25. The highest BCUT2D eigenvalue weighted by Crippen LogP contribution is 2.44. The number of ketones is 2. The molecule has 116 valence electrons. The van der Waals surface area contributed by atoms with Gasteiger partial charge in [0.2, 0.25) is 5.78 Å². The smallest absolute Gasteiger partial charge is 0.340 e. The Morgan fingerprint density at radius 3 is 2.17 bits per heavy atom.